The average Bonchev–Trinajstić information content (AvgIpc) is 3.33. The first-order chi connectivity index (χ1) is 14.2. The van der Waals surface area contributed by atoms with Gasteiger partial charge in [0.25, 0.3) is 0 Å². The lowest BCUT2D eigenvalue weighted by molar-refractivity contribution is 0.198. The van der Waals surface area contributed by atoms with E-state index in [1.165, 1.54) is 6.07 Å². The van der Waals surface area contributed by atoms with Crippen LogP contribution in [0.25, 0.3) is 16.2 Å². The zero-order valence-corrected chi connectivity index (χ0v) is 16.9. The van der Waals surface area contributed by atoms with Gasteiger partial charge in [-0.05, 0) is 36.8 Å². The van der Waals surface area contributed by atoms with Gasteiger partial charge in [-0.2, -0.15) is 0 Å². The number of anilines is 1. The number of imidazole rings is 1. The van der Waals surface area contributed by atoms with Crippen LogP contribution in [0.3, 0.4) is 0 Å². The average molecular weight is 409 g/mol. The van der Waals surface area contributed by atoms with E-state index in [2.05, 4.69) is 21.7 Å². The van der Waals surface area contributed by atoms with E-state index in [1.807, 2.05) is 35.1 Å². The van der Waals surface area contributed by atoms with Crippen LogP contribution < -0.4 is 4.90 Å². The Bertz CT molecular complexity index is 1090. The number of hydrogen-bond donors (Lipinski definition) is 0. The van der Waals surface area contributed by atoms with Gasteiger partial charge in [-0.1, -0.05) is 23.5 Å². The van der Waals surface area contributed by atoms with Gasteiger partial charge in [0.15, 0.2) is 0 Å². The Balaban J connectivity index is 1.27. The second kappa shape index (κ2) is 7.53. The summed E-state index contributed by atoms with van der Waals surface area (Å²) in [5, 5.41) is 5.72. The summed E-state index contributed by atoms with van der Waals surface area (Å²) in [4.78, 5) is 14.4. The largest absolute Gasteiger partial charge is 0.344 e. The Hall–Kier alpha value is -2.84. The number of rotatable bonds is 4. The van der Waals surface area contributed by atoms with Crippen molar-refractivity contribution in [3.8, 4) is 11.3 Å². The van der Waals surface area contributed by atoms with Crippen molar-refractivity contribution in [2.24, 2.45) is 0 Å². The summed E-state index contributed by atoms with van der Waals surface area (Å²) in [6.07, 6.45) is 5.52. The predicted molar refractivity (Wildman–Crippen MR) is 113 cm³/mol. The van der Waals surface area contributed by atoms with Gasteiger partial charge in [-0.3, -0.25) is 9.88 Å². The quantitative estimate of drug-likeness (QED) is 0.513. The molecule has 0 bridgehead atoms. The number of fused-ring (bicyclic) bond motifs is 1. The van der Waals surface area contributed by atoms with Gasteiger partial charge >= 0.3 is 0 Å². The van der Waals surface area contributed by atoms with E-state index in [0.717, 1.165) is 53.1 Å². The molecule has 6 nitrogen and oxygen atoms in total. The highest BCUT2D eigenvalue weighted by atomic mass is 32.1. The summed E-state index contributed by atoms with van der Waals surface area (Å²) in [6.45, 7) is 5.76. The topological polar surface area (TPSA) is 49.6 Å². The van der Waals surface area contributed by atoms with Crippen molar-refractivity contribution in [3.63, 3.8) is 0 Å². The number of benzene rings is 1. The SMILES string of the molecule is CC(c1cccc(F)c1)N1CCN(c2nn3cc(-c4cccnc4)nc3s2)CC1. The zero-order chi connectivity index (χ0) is 19.8. The highest BCUT2D eigenvalue weighted by molar-refractivity contribution is 7.20. The van der Waals surface area contributed by atoms with E-state index in [0.29, 0.717) is 0 Å². The minimum Gasteiger partial charge on any atom is -0.344 e. The summed E-state index contributed by atoms with van der Waals surface area (Å²) >= 11 is 1.61. The molecule has 0 saturated carbocycles. The van der Waals surface area contributed by atoms with Crippen LogP contribution in [0.15, 0.2) is 55.0 Å². The number of hydrogen-bond acceptors (Lipinski definition) is 6. The summed E-state index contributed by atoms with van der Waals surface area (Å²) in [7, 11) is 0. The smallest absolute Gasteiger partial charge is 0.214 e. The summed E-state index contributed by atoms with van der Waals surface area (Å²) in [5.41, 5.74) is 2.90. The Morgan fingerprint density at radius 2 is 1.97 bits per heavy atom. The second-order valence-corrected chi connectivity index (χ2v) is 8.17. The normalized spacial score (nSPS) is 16.4. The highest BCUT2D eigenvalue weighted by Crippen LogP contribution is 2.28. The van der Waals surface area contributed by atoms with Crippen LogP contribution in [-0.2, 0) is 0 Å². The van der Waals surface area contributed by atoms with Crippen LogP contribution in [-0.4, -0.2) is 50.7 Å². The van der Waals surface area contributed by atoms with Crippen molar-refractivity contribution >= 4 is 21.4 Å². The van der Waals surface area contributed by atoms with E-state index < -0.39 is 0 Å². The summed E-state index contributed by atoms with van der Waals surface area (Å²) in [6, 6.07) is 11.0. The monoisotopic (exact) mass is 408 g/mol. The van der Waals surface area contributed by atoms with Crippen molar-refractivity contribution < 1.29 is 4.39 Å². The molecule has 29 heavy (non-hydrogen) atoms. The summed E-state index contributed by atoms with van der Waals surface area (Å²) < 4.78 is 15.4. The molecule has 3 aromatic heterocycles. The van der Waals surface area contributed by atoms with Gasteiger partial charge in [0.1, 0.15) is 5.82 Å². The molecular formula is C21H21FN6S. The second-order valence-electron chi connectivity index (χ2n) is 7.23. The van der Waals surface area contributed by atoms with Crippen molar-refractivity contribution in [1.82, 2.24) is 24.5 Å². The third kappa shape index (κ3) is 3.61. The molecule has 4 heterocycles. The molecule has 1 aliphatic heterocycles. The van der Waals surface area contributed by atoms with Crippen molar-refractivity contribution in [2.45, 2.75) is 13.0 Å². The van der Waals surface area contributed by atoms with Crippen LogP contribution in [0.5, 0.6) is 0 Å². The first-order valence-electron chi connectivity index (χ1n) is 9.68. The molecule has 1 fully saturated rings. The Labute approximate surface area is 172 Å². The van der Waals surface area contributed by atoms with Gasteiger partial charge in [-0.25, -0.2) is 13.9 Å². The Morgan fingerprint density at radius 3 is 2.69 bits per heavy atom. The zero-order valence-electron chi connectivity index (χ0n) is 16.1. The van der Waals surface area contributed by atoms with Crippen LogP contribution in [0.4, 0.5) is 9.52 Å². The fraction of sp³-hybridized carbons (Fsp3) is 0.286. The van der Waals surface area contributed by atoms with Crippen LogP contribution in [0, 0.1) is 5.82 Å². The molecular weight excluding hydrogens is 387 g/mol. The predicted octanol–water partition coefficient (Wildman–Crippen LogP) is 3.88. The van der Waals surface area contributed by atoms with Gasteiger partial charge in [0.2, 0.25) is 10.1 Å². The lowest BCUT2D eigenvalue weighted by Crippen LogP contribution is -2.47. The standard InChI is InChI=1S/C21H21FN6S/c1-15(16-4-2-6-18(22)12-16)26-8-10-27(11-9-26)21-25-28-14-19(24-20(28)29-21)17-5-3-7-23-13-17/h2-7,12-15H,8-11H2,1H3. The minimum absolute atomic E-state index is 0.176. The van der Waals surface area contributed by atoms with E-state index in [-0.39, 0.29) is 11.9 Å². The van der Waals surface area contributed by atoms with Gasteiger partial charge in [-0.15, -0.1) is 5.10 Å². The minimum atomic E-state index is -0.176. The number of piperazine rings is 1. The fourth-order valence-corrected chi connectivity index (χ4v) is 4.68. The first-order valence-corrected chi connectivity index (χ1v) is 10.5. The molecule has 5 rings (SSSR count). The van der Waals surface area contributed by atoms with E-state index in [4.69, 9.17) is 10.1 Å². The molecule has 1 saturated heterocycles. The fourth-order valence-electron chi connectivity index (χ4n) is 3.75. The molecule has 148 valence electrons. The van der Waals surface area contributed by atoms with Crippen LogP contribution >= 0.6 is 11.3 Å². The molecule has 1 aliphatic rings. The lowest BCUT2D eigenvalue weighted by Gasteiger charge is -2.38. The van der Waals surface area contributed by atoms with Gasteiger partial charge in [0, 0.05) is 50.2 Å². The molecule has 0 spiro atoms. The third-order valence-electron chi connectivity index (χ3n) is 5.45. The molecule has 1 unspecified atom stereocenters. The van der Waals surface area contributed by atoms with Crippen LogP contribution in [0.1, 0.15) is 18.5 Å². The van der Waals surface area contributed by atoms with E-state index >= 15 is 0 Å². The van der Waals surface area contributed by atoms with Crippen molar-refractivity contribution in [3.05, 3.63) is 66.4 Å². The Kier molecular flexibility index (Phi) is 4.73. The van der Waals surface area contributed by atoms with E-state index in [9.17, 15) is 4.39 Å². The van der Waals surface area contributed by atoms with Crippen LogP contribution in [0.2, 0.25) is 0 Å². The Morgan fingerprint density at radius 1 is 1.10 bits per heavy atom. The number of nitrogens with zero attached hydrogens (tertiary/aromatic N) is 6. The molecule has 0 radical (unpaired) electrons. The molecule has 1 aromatic carbocycles. The highest BCUT2D eigenvalue weighted by Gasteiger charge is 2.24. The van der Waals surface area contributed by atoms with Gasteiger partial charge < -0.3 is 4.90 Å². The maximum absolute atomic E-state index is 13.5. The molecule has 0 N–H and O–H groups in total. The number of aromatic nitrogens is 4. The van der Waals surface area contributed by atoms with Crippen molar-refractivity contribution in [1.29, 1.82) is 0 Å². The third-order valence-corrected chi connectivity index (χ3v) is 6.44. The first kappa shape index (κ1) is 18.2. The van der Waals surface area contributed by atoms with Gasteiger partial charge in [0.05, 0.1) is 11.9 Å². The lowest BCUT2D eigenvalue weighted by atomic mass is 10.1. The molecule has 0 aliphatic carbocycles. The number of pyridine rings is 1. The van der Waals surface area contributed by atoms with Crippen molar-refractivity contribution in [2.75, 3.05) is 31.1 Å². The maximum atomic E-state index is 13.5. The summed E-state index contributed by atoms with van der Waals surface area (Å²) in [5.74, 6) is -0.176. The molecule has 1 atom stereocenters. The molecule has 8 heteroatoms. The maximum Gasteiger partial charge on any atom is 0.214 e. The number of halogens is 1. The molecule has 4 aromatic rings. The molecule has 0 amide bonds. The van der Waals surface area contributed by atoms with E-state index in [1.54, 1.807) is 29.7 Å².